The first-order chi connectivity index (χ1) is 10.0. The molecule has 21 heavy (non-hydrogen) atoms. The first kappa shape index (κ1) is 15.5. The van der Waals surface area contributed by atoms with E-state index in [0.717, 1.165) is 12.3 Å². The highest BCUT2D eigenvalue weighted by Gasteiger charge is 2.15. The first-order valence-corrected chi connectivity index (χ1v) is 6.92. The molecule has 0 fully saturated rings. The Morgan fingerprint density at radius 2 is 2.10 bits per heavy atom. The number of pyridine rings is 1. The van der Waals surface area contributed by atoms with E-state index in [2.05, 4.69) is 15.6 Å². The Morgan fingerprint density at radius 1 is 1.33 bits per heavy atom. The highest BCUT2D eigenvalue weighted by Crippen LogP contribution is 2.26. The molecule has 1 aromatic carbocycles. The number of rotatable bonds is 4. The maximum Gasteiger partial charge on any atom is 0.259 e. The van der Waals surface area contributed by atoms with Crippen molar-refractivity contribution in [3.05, 3.63) is 51.9 Å². The van der Waals surface area contributed by atoms with Crippen molar-refractivity contribution in [3.8, 4) is 0 Å². The van der Waals surface area contributed by atoms with Crippen LogP contribution in [0, 0.1) is 5.82 Å². The van der Waals surface area contributed by atoms with E-state index >= 15 is 0 Å². The van der Waals surface area contributed by atoms with E-state index in [1.54, 1.807) is 12.1 Å². The number of hydrogen-bond acceptors (Lipinski definition) is 3. The molecule has 1 amide bonds. The summed E-state index contributed by atoms with van der Waals surface area (Å²) in [6.45, 7) is 2.40. The lowest BCUT2D eigenvalue weighted by atomic mass is 10.2. The third-order valence-electron chi connectivity index (χ3n) is 2.62. The van der Waals surface area contributed by atoms with Crippen LogP contribution in [0.5, 0.6) is 0 Å². The van der Waals surface area contributed by atoms with E-state index in [9.17, 15) is 9.18 Å². The largest absolute Gasteiger partial charge is 0.370 e. The molecule has 2 rings (SSSR count). The monoisotopic (exact) mass is 327 g/mol. The van der Waals surface area contributed by atoms with Gasteiger partial charge in [-0.1, -0.05) is 23.2 Å². The number of anilines is 2. The van der Waals surface area contributed by atoms with Crippen LogP contribution in [0.4, 0.5) is 15.9 Å². The molecule has 2 aromatic rings. The Bertz CT molecular complexity index is 679. The lowest BCUT2D eigenvalue weighted by Crippen LogP contribution is -2.16. The summed E-state index contributed by atoms with van der Waals surface area (Å²) < 4.78 is 13.3. The minimum Gasteiger partial charge on any atom is -0.370 e. The first-order valence-electron chi connectivity index (χ1n) is 6.17. The van der Waals surface area contributed by atoms with Gasteiger partial charge in [0, 0.05) is 11.6 Å². The smallest absolute Gasteiger partial charge is 0.259 e. The van der Waals surface area contributed by atoms with Crippen LogP contribution in [0.1, 0.15) is 17.3 Å². The van der Waals surface area contributed by atoms with Gasteiger partial charge in [0.05, 0.1) is 22.5 Å². The topological polar surface area (TPSA) is 54.0 Å². The van der Waals surface area contributed by atoms with E-state index in [4.69, 9.17) is 23.2 Å². The summed E-state index contributed by atoms with van der Waals surface area (Å²) in [5.74, 6) is -0.823. The van der Waals surface area contributed by atoms with Crippen molar-refractivity contribution in [1.29, 1.82) is 0 Å². The molecular formula is C14H12Cl2FN3O. The second kappa shape index (κ2) is 6.74. The lowest BCUT2D eigenvalue weighted by Gasteiger charge is -2.11. The molecule has 0 saturated heterocycles. The van der Waals surface area contributed by atoms with Crippen molar-refractivity contribution in [2.24, 2.45) is 0 Å². The molecule has 110 valence electrons. The van der Waals surface area contributed by atoms with Gasteiger partial charge in [-0.15, -0.1) is 0 Å². The molecule has 0 aliphatic carbocycles. The van der Waals surface area contributed by atoms with Gasteiger partial charge in [0.25, 0.3) is 5.91 Å². The quantitative estimate of drug-likeness (QED) is 0.884. The Kier molecular flexibility index (Phi) is 4.98. The SMILES string of the molecule is CCNc1ncc(F)cc1C(=O)Nc1cc(Cl)ccc1Cl. The summed E-state index contributed by atoms with van der Waals surface area (Å²) in [4.78, 5) is 16.1. The van der Waals surface area contributed by atoms with E-state index in [0.29, 0.717) is 28.1 Å². The van der Waals surface area contributed by atoms with Crippen molar-refractivity contribution < 1.29 is 9.18 Å². The molecule has 0 atom stereocenters. The Hall–Kier alpha value is -1.85. The number of benzene rings is 1. The van der Waals surface area contributed by atoms with Crippen molar-refractivity contribution >= 4 is 40.6 Å². The van der Waals surface area contributed by atoms with Crippen molar-refractivity contribution in [1.82, 2.24) is 4.98 Å². The minimum absolute atomic E-state index is 0.0906. The molecule has 0 bridgehead atoms. The predicted octanol–water partition coefficient (Wildman–Crippen LogP) is 4.21. The summed E-state index contributed by atoms with van der Waals surface area (Å²) in [6.07, 6.45) is 1.04. The number of nitrogens with one attached hydrogen (secondary N) is 2. The van der Waals surface area contributed by atoms with E-state index < -0.39 is 11.7 Å². The molecule has 1 heterocycles. The van der Waals surface area contributed by atoms with Gasteiger partial charge in [-0.2, -0.15) is 0 Å². The van der Waals surface area contributed by atoms with Crippen LogP contribution >= 0.6 is 23.2 Å². The third-order valence-corrected chi connectivity index (χ3v) is 3.18. The van der Waals surface area contributed by atoms with Gasteiger partial charge in [-0.25, -0.2) is 9.37 Å². The fraction of sp³-hybridized carbons (Fsp3) is 0.143. The highest BCUT2D eigenvalue weighted by molar-refractivity contribution is 6.36. The summed E-state index contributed by atoms with van der Waals surface area (Å²) in [7, 11) is 0. The van der Waals surface area contributed by atoms with Crippen LogP contribution in [0.2, 0.25) is 10.0 Å². The number of aromatic nitrogens is 1. The van der Waals surface area contributed by atoms with Crippen molar-refractivity contribution in [2.45, 2.75) is 6.92 Å². The molecule has 7 heteroatoms. The Balaban J connectivity index is 2.31. The van der Waals surface area contributed by atoms with Crippen LogP contribution in [0.25, 0.3) is 0 Å². The van der Waals surface area contributed by atoms with Crippen molar-refractivity contribution in [2.75, 3.05) is 17.2 Å². The van der Waals surface area contributed by atoms with Gasteiger partial charge >= 0.3 is 0 Å². The van der Waals surface area contributed by atoms with Crippen LogP contribution in [-0.4, -0.2) is 17.4 Å². The van der Waals surface area contributed by atoms with Gasteiger partial charge in [0.2, 0.25) is 0 Å². The summed E-state index contributed by atoms with van der Waals surface area (Å²) >= 11 is 11.8. The van der Waals surface area contributed by atoms with Gasteiger partial charge in [-0.3, -0.25) is 4.79 Å². The second-order valence-electron chi connectivity index (χ2n) is 4.16. The van der Waals surface area contributed by atoms with Gasteiger partial charge < -0.3 is 10.6 Å². The average molecular weight is 328 g/mol. The fourth-order valence-electron chi connectivity index (χ4n) is 1.70. The van der Waals surface area contributed by atoms with Crippen LogP contribution < -0.4 is 10.6 Å². The molecule has 0 saturated carbocycles. The van der Waals surface area contributed by atoms with E-state index in [1.807, 2.05) is 6.92 Å². The molecule has 0 radical (unpaired) electrons. The normalized spacial score (nSPS) is 10.3. The summed E-state index contributed by atoms with van der Waals surface area (Å²) in [5, 5.41) is 6.25. The molecule has 0 spiro atoms. The summed E-state index contributed by atoms with van der Waals surface area (Å²) in [6, 6.07) is 5.79. The molecule has 1 aromatic heterocycles. The second-order valence-corrected chi connectivity index (χ2v) is 5.00. The standard InChI is InChI=1S/C14H12Cl2FN3O/c1-2-18-13-10(6-9(17)7-19-13)14(21)20-12-5-8(15)3-4-11(12)16/h3-7H,2H2,1H3,(H,18,19)(H,20,21). The fourth-order valence-corrected chi connectivity index (χ4v) is 2.04. The van der Waals surface area contributed by atoms with Crippen LogP contribution in [0.3, 0.4) is 0 Å². The zero-order valence-corrected chi connectivity index (χ0v) is 12.6. The van der Waals surface area contributed by atoms with E-state index in [-0.39, 0.29) is 5.56 Å². The number of amides is 1. The zero-order chi connectivity index (χ0) is 15.4. The Labute approximate surface area is 131 Å². The average Bonchev–Trinajstić information content (AvgIpc) is 2.45. The van der Waals surface area contributed by atoms with Crippen molar-refractivity contribution in [3.63, 3.8) is 0 Å². The molecule has 4 nitrogen and oxygen atoms in total. The number of nitrogens with zero attached hydrogens (tertiary/aromatic N) is 1. The lowest BCUT2D eigenvalue weighted by molar-refractivity contribution is 0.102. The number of hydrogen-bond donors (Lipinski definition) is 2. The highest BCUT2D eigenvalue weighted by atomic mass is 35.5. The predicted molar refractivity (Wildman–Crippen MR) is 82.8 cm³/mol. The number of halogens is 3. The molecule has 0 aliphatic rings. The number of carbonyl (C=O) groups excluding carboxylic acids is 1. The van der Waals surface area contributed by atoms with Gasteiger partial charge in [0.1, 0.15) is 11.6 Å². The van der Waals surface area contributed by atoms with Crippen LogP contribution in [-0.2, 0) is 0 Å². The van der Waals surface area contributed by atoms with Crippen LogP contribution in [0.15, 0.2) is 30.5 Å². The molecule has 2 N–H and O–H groups in total. The van der Waals surface area contributed by atoms with Gasteiger partial charge in [0.15, 0.2) is 0 Å². The van der Waals surface area contributed by atoms with Gasteiger partial charge in [-0.05, 0) is 31.2 Å². The zero-order valence-electron chi connectivity index (χ0n) is 11.1. The number of carbonyl (C=O) groups is 1. The molecule has 0 aliphatic heterocycles. The maximum atomic E-state index is 13.3. The minimum atomic E-state index is -0.598. The van der Waals surface area contributed by atoms with E-state index in [1.165, 1.54) is 6.07 Å². The molecule has 0 unspecified atom stereocenters. The Morgan fingerprint density at radius 3 is 2.81 bits per heavy atom. The molecular weight excluding hydrogens is 316 g/mol. The third kappa shape index (κ3) is 3.83. The maximum absolute atomic E-state index is 13.3. The summed E-state index contributed by atoms with van der Waals surface area (Å²) in [5.41, 5.74) is 0.439.